The number of esters is 3. The average molecular weight is 1020 g/mol. The molecule has 0 aliphatic rings. The van der Waals surface area contributed by atoms with E-state index in [4.69, 9.17) is 14.2 Å². The van der Waals surface area contributed by atoms with Crippen molar-refractivity contribution in [3.8, 4) is 0 Å². The van der Waals surface area contributed by atoms with Gasteiger partial charge in [-0.25, -0.2) is 0 Å². The summed E-state index contributed by atoms with van der Waals surface area (Å²) in [6.45, 7) is 6.58. The number of unbranched alkanes of at least 4 members (excludes halogenated alkanes) is 40. The third-order valence-corrected chi connectivity index (χ3v) is 14.3. The predicted octanol–water partition coefficient (Wildman–Crippen LogP) is 21.8. The summed E-state index contributed by atoms with van der Waals surface area (Å²) < 4.78 is 16.8. The maximum atomic E-state index is 12.8. The van der Waals surface area contributed by atoms with Crippen molar-refractivity contribution in [2.75, 3.05) is 13.2 Å². The molecule has 0 fully saturated rings. The number of rotatable bonds is 59. The zero-order valence-electron chi connectivity index (χ0n) is 48.9. The largest absolute Gasteiger partial charge is 0.462 e. The maximum Gasteiger partial charge on any atom is 0.306 e. The number of hydrogen-bond donors (Lipinski definition) is 0. The van der Waals surface area contributed by atoms with Crippen LogP contribution in [-0.2, 0) is 28.6 Å². The lowest BCUT2D eigenvalue weighted by Crippen LogP contribution is -2.30. The van der Waals surface area contributed by atoms with E-state index in [0.717, 1.165) is 89.9 Å². The highest BCUT2D eigenvalue weighted by Crippen LogP contribution is 2.17. The number of carbonyl (C=O) groups is 3. The van der Waals surface area contributed by atoms with Crippen LogP contribution in [0.1, 0.15) is 342 Å². The molecule has 426 valence electrons. The van der Waals surface area contributed by atoms with Crippen LogP contribution in [0, 0.1) is 0 Å². The van der Waals surface area contributed by atoms with E-state index >= 15 is 0 Å². The second-order valence-electron chi connectivity index (χ2n) is 21.7. The minimum atomic E-state index is -0.775. The predicted molar refractivity (Wildman–Crippen MR) is 316 cm³/mol. The van der Waals surface area contributed by atoms with Crippen molar-refractivity contribution in [3.05, 3.63) is 48.6 Å². The first kappa shape index (κ1) is 70.4. The standard InChI is InChI=1S/C67H122O6/c1-4-7-10-13-16-19-21-23-25-26-27-28-29-30-31-32-33-34-35-36-37-38-39-40-41-42-43-45-46-48-51-54-57-60-66(69)72-63-64(62-71-65(68)59-56-53-50-18-15-12-9-6-3)73-67(70)61-58-55-52-49-47-44-24-22-20-17-14-11-8-5-2/h14,17,21-24,26-27,64H,4-13,15-16,18-20,25,28-63H2,1-3H3/b17-14-,23-21-,24-22-,27-26-. The fourth-order valence-electron chi connectivity index (χ4n) is 9.43. The van der Waals surface area contributed by atoms with Gasteiger partial charge in [-0.1, -0.05) is 294 Å². The summed E-state index contributed by atoms with van der Waals surface area (Å²) in [5.74, 6) is -0.877. The Morgan fingerprint density at radius 2 is 0.507 bits per heavy atom. The topological polar surface area (TPSA) is 78.9 Å². The molecule has 0 rings (SSSR count). The summed E-state index contributed by atoms with van der Waals surface area (Å²) in [6.07, 6.45) is 77.3. The van der Waals surface area contributed by atoms with E-state index in [9.17, 15) is 14.4 Å². The van der Waals surface area contributed by atoms with Crippen LogP contribution < -0.4 is 0 Å². The van der Waals surface area contributed by atoms with E-state index < -0.39 is 6.10 Å². The Hall–Kier alpha value is -2.63. The first-order valence-corrected chi connectivity index (χ1v) is 32.1. The van der Waals surface area contributed by atoms with Crippen molar-refractivity contribution >= 4 is 17.9 Å². The van der Waals surface area contributed by atoms with Gasteiger partial charge in [0.2, 0.25) is 0 Å². The highest BCUT2D eigenvalue weighted by atomic mass is 16.6. The zero-order chi connectivity index (χ0) is 52.9. The van der Waals surface area contributed by atoms with Crippen LogP contribution >= 0.6 is 0 Å². The molecule has 73 heavy (non-hydrogen) atoms. The lowest BCUT2D eigenvalue weighted by atomic mass is 10.0. The lowest BCUT2D eigenvalue weighted by Gasteiger charge is -2.18. The van der Waals surface area contributed by atoms with Gasteiger partial charge in [-0.2, -0.15) is 0 Å². The zero-order valence-corrected chi connectivity index (χ0v) is 48.9. The SMILES string of the molecule is CCCC/C=C\C/C=C\CCCCCCCC(=O)OC(COC(=O)CCCCCCCCCC)COC(=O)CCCCCCCCCCCCCCCCCCCCCCC/C=C\C/C=C\CCCCCCC. The van der Waals surface area contributed by atoms with Crippen LogP contribution in [0.15, 0.2) is 48.6 Å². The highest BCUT2D eigenvalue weighted by Gasteiger charge is 2.19. The monoisotopic (exact) mass is 1020 g/mol. The first-order chi connectivity index (χ1) is 36.0. The van der Waals surface area contributed by atoms with Gasteiger partial charge in [0.05, 0.1) is 0 Å². The summed E-state index contributed by atoms with van der Waals surface area (Å²) in [5.41, 5.74) is 0. The molecule has 0 saturated heterocycles. The minimum Gasteiger partial charge on any atom is -0.462 e. The molecule has 0 aliphatic heterocycles. The fourth-order valence-corrected chi connectivity index (χ4v) is 9.43. The van der Waals surface area contributed by atoms with Gasteiger partial charge in [0.1, 0.15) is 13.2 Å². The molecule has 0 saturated carbocycles. The average Bonchev–Trinajstić information content (AvgIpc) is 3.39. The molecule has 6 nitrogen and oxygen atoms in total. The van der Waals surface area contributed by atoms with E-state index in [1.165, 1.54) is 212 Å². The first-order valence-electron chi connectivity index (χ1n) is 32.1. The van der Waals surface area contributed by atoms with E-state index in [2.05, 4.69) is 69.4 Å². The molecule has 6 heteroatoms. The summed E-state index contributed by atoms with van der Waals surface area (Å²) >= 11 is 0. The van der Waals surface area contributed by atoms with Crippen molar-refractivity contribution in [1.29, 1.82) is 0 Å². The van der Waals surface area contributed by atoms with Crippen LogP contribution in [0.5, 0.6) is 0 Å². The summed E-state index contributed by atoms with van der Waals surface area (Å²) in [5, 5.41) is 0. The van der Waals surface area contributed by atoms with Gasteiger partial charge < -0.3 is 14.2 Å². The van der Waals surface area contributed by atoms with Crippen molar-refractivity contribution in [3.63, 3.8) is 0 Å². The molecule has 0 bridgehead atoms. The Labute approximate surface area is 454 Å². The van der Waals surface area contributed by atoms with Gasteiger partial charge in [0.15, 0.2) is 6.10 Å². The Kier molecular flexibility index (Phi) is 59.7. The molecule has 0 heterocycles. The highest BCUT2D eigenvalue weighted by molar-refractivity contribution is 5.71. The second-order valence-corrected chi connectivity index (χ2v) is 21.7. The summed E-state index contributed by atoms with van der Waals surface area (Å²) in [6, 6.07) is 0. The van der Waals surface area contributed by atoms with Crippen molar-refractivity contribution < 1.29 is 28.6 Å². The van der Waals surface area contributed by atoms with Crippen molar-refractivity contribution in [1.82, 2.24) is 0 Å². The molecule has 0 aliphatic carbocycles. The number of hydrogen-bond acceptors (Lipinski definition) is 6. The molecule has 0 spiro atoms. The quantitative estimate of drug-likeness (QED) is 0.0261. The molecule has 0 aromatic carbocycles. The van der Waals surface area contributed by atoms with E-state index in [1.54, 1.807) is 0 Å². The van der Waals surface area contributed by atoms with Gasteiger partial charge >= 0.3 is 17.9 Å². The Balaban J connectivity index is 3.98. The molecule has 0 radical (unpaired) electrons. The molecule has 0 aromatic rings. The fraction of sp³-hybridized carbons (Fsp3) is 0.836. The summed E-state index contributed by atoms with van der Waals surface area (Å²) in [4.78, 5) is 38.0. The molecular weight excluding hydrogens is 901 g/mol. The number of carbonyl (C=O) groups excluding carboxylic acids is 3. The molecule has 0 amide bonds. The smallest absolute Gasteiger partial charge is 0.306 e. The molecule has 1 atom stereocenters. The number of ether oxygens (including phenoxy) is 3. The van der Waals surface area contributed by atoms with Crippen molar-refractivity contribution in [2.45, 2.75) is 348 Å². The minimum absolute atomic E-state index is 0.0745. The van der Waals surface area contributed by atoms with Crippen molar-refractivity contribution in [2.24, 2.45) is 0 Å². The van der Waals surface area contributed by atoms with E-state index in [1.807, 2.05) is 0 Å². The van der Waals surface area contributed by atoms with Crippen LogP contribution in [-0.4, -0.2) is 37.2 Å². The Bertz CT molecular complexity index is 1270. The second kappa shape index (κ2) is 61.9. The van der Waals surface area contributed by atoms with Gasteiger partial charge in [0, 0.05) is 19.3 Å². The van der Waals surface area contributed by atoms with Gasteiger partial charge in [0.25, 0.3) is 0 Å². The van der Waals surface area contributed by atoms with Crippen LogP contribution in [0.25, 0.3) is 0 Å². The Morgan fingerprint density at radius 3 is 0.795 bits per heavy atom. The third kappa shape index (κ3) is 60.1. The molecule has 0 aromatic heterocycles. The molecular formula is C67H122O6. The lowest BCUT2D eigenvalue weighted by molar-refractivity contribution is -0.167. The Morgan fingerprint density at radius 1 is 0.274 bits per heavy atom. The van der Waals surface area contributed by atoms with E-state index in [0.29, 0.717) is 19.3 Å². The molecule has 1 unspecified atom stereocenters. The maximum absolute atomic E-state index is 12.8. The normalized spacial score (nSPS) is 12.3. The van der Waals surface area contributed by atoms with Gasteiger partial charge in [-0.05, 0) is 77.0 Å². The van der Waals surface area contributed by atoms with Gasteiger partial charge in [-0.3, -0.25) is 14.4 Å². The molecule has 0 N–H and O–H groups in total. The van der Waals surface area contributed by atoms with E-state index in [-0.39, 0.29) is 31.1 Å². The van der Waals surface area contributed by atoms with Crippen LogP contribution in [0.3, 0.4) is 0 Å². The van der Waals surface area contributed by atoms with Crippen LogP contribution in [0.2, 0.25) is 0 Å². The van der Waals surface area contributed by atoms with Gasteiger partial charge in [-0.15, -0.1) is 0 Å². The number of allylic oxidation sites excluding steroid dienone is 8. The third-order valence-electron chi connectivity index (χ3n) is 14.3. The van der Waals surface area contributed by atoms with Crippen LogP contribution in [0.4, 0.5) is 0 Å². The summed E-state index contributed by atoms with van der Waals surface area (Å²) in [7, 11) is 0.